The van der Waals surface area contributed by atoms with Crippen molar-refractivity contribution in [2.75, 3.05) is 0 Å². The minimum absolute atomic E-state index is 0.00605. The monoisotopic (exact) mass is 402 g/mol. The number of aromatic nitrogens is 2. The van der Waals surface area contributed by atoms with Crippen LogP contribution in [-0.2, 0) is 16.0 Å². The quantitative estimate of drug-likeness (QED) is 0.553. The number of carbonyl (C=O) groups excluding carboxylic acids is 2. The van der Waals surface area contributed by atoms with Gasteiger partial charge in [0, 0.05) is 18.2 Å². The van der Waals surface area contributed by atoms with Gasteiger partial charge in [0.25, 0.3) is 0 Å². The van der Waals surface area contributed by atoms with Crippen LogP contribution in [-0.4, -0.2) is 33.9 Å². The Morgan fingerprint density at radius 2 is 1.87 bits per heavy atom. The standard InChI is InChI=1S/C24H26N4O2/c1-16-25-21-11-7-18(13-22(21)26-16)14-24(30)28-20-10-9-19(15-20)27-23(29)12-8-17-5-3-2-4-6-17/h2-8,11-13,19-20H,9-10,14-15H2,1H3,(H,25,26)(H,27,29)(H,28,30)/t19-,20+/m1/s1. The number of carbonyl (C=O) groups is 2. The van der Waals surface area contributed by atoms with Gasteiger partial charge in [-0.15, -0.1) is 0 Å². The van der Waals surface area contributed by atoms with Gasteiger partial charge in [0.15, 0.2) is 0 Å². The predicted octanol–water partition coefficient (Wildman–Crippen LogP) is 3.28. The largest absolute Gasteiger partial charge is 0.353 e. The smallest absolute Gasteiger partial charge is 0.244 e. The lowest BCUT2D eigenvalue weighted by molar-refractivity contribution is -0.121. The van der Waals surface area contributed by atoms with E-state index in [1.165, 1.54) is 0 Å². The molecule has 0 aliphatic heterocycles. The van der Waals surface area contributed by atoms with Crippen molar-refractivity contribution in [3.8, 4) is 0 Å². The first kappa shape index (κ1) is 19.9. The summed E-state index contributed by atoms with van der Waals surface area (Å²) in [5, 5.41) is 6.14. The van der Waals surface area contributed by atoms with E-state index in [1.807, 2.05) is 61.5 Å². The molecule has 30 heavy (non-hydrogen) atoms. The zero-order valence-corrected chi connectivity index (χ0v) is 17.0. The normalized spacial score (nSPS) is 18.7. The summed E-state index contributed by atoms with van der Waals surface area (Å²) in [7, 11) is 0. The number of aromatic amines is 1. The molecule has 6 nitrogen and oxygen atoms in total. The van der Waals surface area contributed by atoms with Crippen LogP contribution in [0.2, 0.25) is 0 Å². The zero-order valence-electron chi connectivity index (χ0n) is 17.0. The number of nitrogens with zero attached hydrogens (tertiary/aromatic N) is 1. The highest BCUT2D eigenvalue weighted by Gasteiger charge is 2.26. The van der Waals surface area contributed by atoms with E-state index in [9.17, 15) is 9.59 Å². The van der Waals surface area contributed by atoms with Gasteiger partial charge in [-0.1, -0.05) is 36.4 Å². The summed E-state index contributed by atoms with van der Waals surface area (Å²) in [6, 6.07) is 15.8. The molecule has 1 saturated carbocycles. The number of hydrogen-bond acceptors (Lipinski definition) is 3. The van der Waals surface area contributed by atoms with Crippen LogP contribution < -0.4 is 10.6 Å². The Balaban J connectivity index is 1.24. The van der Waals surface area contributed by atoms with E-state index < -0.39 is 0 Å². The van der Waals surface area contributed by atoms with E-state index in [2.05, 4.69) is 20.6 Å². The highest BCUT2D eigenvalue weighted by Crippen LogP contribution is 2.20. The summed E-state index contributed by atoms with van der Waals surface area (Å²) >= 11 is 0. The van der Waals surface area contributed by atoms with Crippen LogP contribution in [0.1, 0.15) is 36.2 Å². The Morgan fingerprint density at radius 1 is 1.10 bits per heavy atom. The molecule has 0 unspecified atom stereocenters. The molecule has 3 N–H and O–H groups in total. The molecule has 1 aliphatic carbocycles. The second-order valence-corrected chi connectivity index (χ2v) is 7.88. The number of hydrogen-bond donors (Lipinski definition) is 3. The fourth-order valence-electron chi connectivity index (χ4n) is 3.99. The summed E-state index contributed by atoms with van der Waals surface area (Å²) in [4.78, 5) is 32.2. The van der Waals surface area contributed by atoms with Crippen molar-refractivity contribution in [1.29, 1.82) is 0 Å². The van der Waals surface area contributed by atoms with E-state index in [4.69, 9.17) is 0 Å². The van der Waals surface area contributed by atoms with Gasteiger partial charge in [0.2, 0.25) is 11.8 Å². The summed E-state index contributed by atoms with van der Waals surface area (Å²) in [5.74, 6) is 0.773. The average molecular weight is 402 g/mol. The number of nitrogens with one attached hydrogen (secondary N) is 3. The maximum atomic E-state index is 12.5. The van der Waals surface area contributed by atoms with E-state index in [0.29, 0.717) is 6.42 Å². The highest BCUT2D eigenvalue weighted by molar-refractivity contribution is 5.92. The number of aryl methyl sites for hydroxylation is 1. The van der Waals surface area contributed by atoms with Gasteiger partial charge in [-0.3, -0.25) is 9.59 Å². The number of H-pyrrole nitrogens is 1. The van der Waals surface area contributed by atoms with Gasteiger partial charge in [-0.05, 0) is 55.5 Å². The summed E-state index contributed by atoms with van der Waals surface area (Å²) < 4.78 is 0. The van der Waals surface area contributed by atoms with Gasteiger partial charge in [0.05, 0.1) is 17.5 Å². The Hall–Kier alpha value is -3.41. The third kappa shape index (κ3) is 5.14. The second kappa shape index (κ2) is 8.95. The van der Waals surface area contributed by atoms with Gasteiger partial charge in [-0.25, -0.2) is 4.98 Å². The Kier molecular flexibility index (Phi) is 5.93. The average Bonchev–Trinajstić information content (AvgIpc) is 3.31. The second-order valence-electron chi connectivity index (χ2n) is 7.88. The minimum atomic E-state index is -0.0982. The molecule has 1 fully saturated rings. The van der Waals surface area contributed by atoms with Crippen LogP contribution in [0.15, 0.2) is 54.6 Å². The molecule has 0 bridgehead atoms. The minimum Gasteiger partial charge on any atom is -0.353 e. The molecule has 6 heteroatoms. The number of fused-ring (bicyclic) bond motifs is 1. The fourth-order valence-corrected chi connectivity index (χ4v) is 3.99. The fraction of sp³-hybridized carbons (Fsp3) is 0.292. The van der Waals surface area contributed by atoms with Crippen molar-refractivity contribution in [3.63, 3.8) is 0 Å². The Morgan fingerprint density at radius 3 is 2.67 bits per heavy atom. The van der Waals surface area contributed by atoms with Crippen molar-refractivity contribution in [1.82, 2.24) is 20.6 Å². The van der Waals surface area contributed by atoms with Crippen molar-refractivity contribution in [2.24, 2.45) is 0 Å². The van der Waals surface area contributed by atoms with Crippen LogP contribution in [0.3, 0.4) is 0 Å². The lowest BCUT2D eigenvalue weighted by Crippen LogP contribution is -2.37. The van der Waals surface area contributed by atoms with Crippen molar-refractivity contribution in [2.45, 2.75) is 44.7 Å². The first-order chi connectivity index (χ1) is 14.5. The molecule has 0 radical (unpaired) electrons. The third-order valence-electron chi connectivity index (χ3n) is 5.40. The molecule has 3 aromatic rings. The number of rotatable bonds is 6. The molecular formula is C24H26N4O2. The van der Waals surface area contributed by atoms with Crippen LogP contribution in [0.25, 0.3) is 17.1 Å². The lowest BCUT2D eigenvalue weighted by atomic mass is 10.1. The van der Waals surface area contributed by atoms with E-state index in [0.717, 1.165) is 47.2 Å². The first-order valence-electron chi connectivity index (χ1n) is 10.3. The molecule has 0 spiro atoms. The highest BCUT2D eigenvalue weighted by atomic mass is 16.2. The molecule has 2 atom stereocenters. The maximum absolute atomic E-state index is 12.5. The molecular weight excluding hydrogens is 376 g/mol. The topological polar surface area (TPSA) is 86.9 Å². The third-order valence-corrected chi connectivity index (χ3v) is 5.40. The lowest BCUT2D eigenvalue weighted by Gasteiger charge is -2.14. The number of benzene rings is 2. The molecule has 2 amide bonds. The Labute approximate surface area is 175 Å². The van der Waals surface area contributed by atoms with Gasteiger partial charge >= 0.3 is 0 Å². The van der Waals surface area contributed by atoms with Crippen molar-refractivity contribution >= 4 is 28.9 Å². The van der Waals surface area contributed by atoms with E-state index >= 15 is 0 Å². The van der Waals surface area contributed by atoms with Gasteiger partial charge in [-0.2, -0.15) is 0 Å². The molecule has 1 aromatic heterocycles. The van der Waals surface area contributed by atoms with Crippen molar-refractivity contribution < 1.29 is 9.59 Å². The van der Waals surface area contributed by atoms with E-state index in [1.54, 1.807) is 6.08 Å². The Bertz CT molecular complexity index is 1070. The SMILES string of the molecule is Cc1nc2ccc(CC(=O)N[C@H]3CC[C@@H](NC(=O)C=Cc4ccccc4)C3)cc2[nH]1. The van der Waals surface area contributed by atoms with Crippen LogP contribution >= 0.6 is 0 Å². The molecule has 1 heterocycles. The van der Waals surface area contributed by atoms with Crippen LogP contribution in [0, 0.1) is 6.92 Å². The summed E-state index contributed by atoms with van der Waals surface area (Å²) in [6.07, 6.45) is 6.21. The number of imidazole rings is 1. The van der Waals surface area contributed by atoms with Crippen LogP contribution in [0.4, 0.5) is 0 Å². The molecule has 4 rings (SSSR count). The summed E-state index contributed by atoms with van der Waals surface area (Å²) in [6.45, 7) is 1.92. The van der Waals surface area contributed by atoms with Gasteiger partial charge in [0.1, 0.15) is 5.82 Å². The maximum Gasteiger partial charge on any atom is 0.244 e. The van der Waals surface area contributed by atoms with Crippen LogP contribution in [0.5, 0.6) is 0 Å². The van der Waals surface area contributed by atoms with E-state index in [-0.39, 0.29) is 23.9 Å². The zero-order chi connectivity index (χ0) is 20.9. The predicted molar refractivity (Wildman–Crippen MR) is 118 cm³/mol. The first-order valence-corrected chi connectivity index (χ1v) is 10.3. The van der Waals surface area contributed by atoms with Gasteiger partial charge < -0.3 is 15.6 Å². The molecule has 2 aromatic carbocycles. The molecule has 154 valence electrons. The molecule has 0 saturated heterocycles. The molecule has 1 aliphatic rings. The van der Waals surface area contributed by atoms with Crippen molar-refractivity contribution in [3.05, 3.63) is 71.6 Å². The number of amides is 2. The summed E-state index contributed by atoms with van der Waals surface area (Å²) in [5.41, 5.74) is 3.81.